The minimum absolute atomic E-state index is 0.147. The van der Waals surface area contributed by atoms with Crippen LogP contribution in [0.4, 0.5) is 0 Å². The minimum atomic E-state index is -0.738. The summed E-state index contributed by atoms with van der Waals surface area (Å²) < 4.78 is 0.871. The van der Waals surface area contributed by atoms with Gasteiger partial charge in [-0.2, -0.15) is 0 Å². The van der Waals surface area contributed by atoms with Crippen molar-refractivity contribution in [3.8, 4) is 0 Å². The quantitative estimate of drug-likeness (QED) is 0.377. The van der Waals surface area contributed by atoms with E-state index in [2.05, 4.69) is 0 Å². The monoisotopic (exact) mass is 205 g/mol. The highest BCUT2D eigenvalue weighted by molar-refractivity contribution is 6.14. The molecule has 1 aliphatic rings. The first-order chi connectivity index (χ1) is 6.00. The molecule has 0 amide bonds. The van der Waals surface area contributed by atoms with Gasteiger partial charge in [0.1, 0.15) is 6.54 Å². The van der Waals surface area contributed by atoms with Gasteiger partial charge >= 0.3 is 0 Å². The average molecular weight is 206 g/mol. The predicted octanol–water partition coefficient (Wildman–Crippen LogP) is 0.734. The molecule has 8 heteroatoms. The van der Waals surface area contributed by atoms with E-state index in [0.29, 0.717) is 0 Å². The Morgan fingerprint density at radius 1 is 1.38 bits per heavy atom. The Hall–Kier alpha value is -1.63. The highest BCUT2D eigenvalue weighted by Gasteiger charge is 2.25. The van der Waals surface area contributed by atoms with Crippen LogP contribution in [0.2, 0.25) is 0 Å². The van der Waals surface area contributed by atoms with E-state index >= 15 is 0 Å². The van der Waals surface area contributed by atoms with Gasteiger partial charge in [-0.3, -0.25) is 24.6 Å². The molecule has 1 aliphatic heterocycles. The molecule has 1 rings (SSSR count). The Morgan fingerprint density at radius 3 is 2.46 bits per heavy atom. The van der Waals surface area contributed by atoms with Crippen molar-refractivity contribution in [2.45, 2.75) is 0 Å². The van der Waals surface area contributed by atoms with E-state index in [4.69, 9.17) is 11.8 Å². The fourth-order valence-corrected chi connectivity index (χ4v) is 1.03. The largest absolute Gasteiger partial charge is 0.293 e. The maximum absolute atomic E-state index is 10.3. The summed E-state index contributed by atoms with van der Waals surface area (Å²) in [5, 5.41) is 20.5. The highest BCUT2D eigenvalue weighted by atomic mass is 35.5. The Morgan fingerprint density at radius 2 is 2.00 bits per heavy atom. The van der Waals surface area contributed by atoms with Crippen LogP contribution in [-0.2, 0) is 0 Å². The summed E-state index contributed by atoms with van der Waals surface area (Å²) in [6.45, 7) is -0.147. The first-order valence-corrected chi connectivity index (χ1v) is 3.48. The lowest BCUT2D eigenvalue weighted by Crippen LogP contribution is -2.20. The van der Waals surface area contributed by atoms with Crippen molar-refractivity contribution in [3.05, 3.63) is 43.9 Å². The molecular weight excluding hydrogens is 202 g/mol. The molecule has 0 aromatic carbocycles. The molecule has 0 aromatic rings. The van der Waals surface area contributed by atoms with Gasteiger partial charge < -0.3 is 0 Å². The van der Waals surface area contributed by atoms with Crippen LogP contribution >= 0.6 is 11.8 Å². The average Bonchev–Trinajstić information content (AvgIpc) is 2.03. The molecule has 0 radical (unpaired) electrons. The molecule has 0 spiro atoms. The molecule has 0 saturated heterocycles. The van der Waals surface area contributed by atoms with Crippen LogP contribution in [0.1, 0.15) is 0 Å². The van der Waals surface area contributed by atoms with Crippen LogP contribution in [-0.4, -0.2) is 20.8 Å². The van der Waals surface area contributed by atoms with Crippen LogP contribution in [0.5, 0.6) is 0 Å². The van der Waals surface area contributed by atoms with Crippen LogP contribution < -0.4 is 0 Å². The Kier molecular flexibility index (Phi) is 2.47. The predicted molar refractivity (Wildman–Crippen MR) is 42.7 cm³/mol. The zero-order valence-corrected chi connectivity index (χ0v) is 6.97. The van der Waals surface area contributed by atoms with Gasteiger partial charge in [0, 0.05) is 11.8 Å². The Balaban J connectivity index is 2.98. The third kappa shape index (κ3) is 2.15. The minimum Gasteiger partial charge on any atom is -0.275 e. The van der Waals surface area contributed by atoms with Gasteiger partial charge in [-0.05, 0) is 0 Å². The van der Waals surface area contributed by atoms with E-state index in [0.717, 1.165) is 16.7 Å². The smallest absolute Gasteiger partial charge is 0.275 e. The lowest BCUT2D eigenvalue weighted by molar-refractivity contribution is -0.438. The van der Waals surface area contributed by atoms with Crippen LogP contribution in [0.15, 0.2) is 23.7 Å². The van der Waals surface area contributed by atoms with Gasteiger partial charge in [0.15, 0.2) is 0 Å². The van der Waals surface area contributed by atoms with Gasteiger partial charge in [0.25, 0.3) is 11.4 Å². The molecule has 7 nitrogen and oxygen atoms in total. The molecule has 0 atom stereocenters. The SMILES string of the molecule is O=[N+]([O-])C1=CN(Cl)CC([N+](=O)[O-])=C1. The number of nitro groups is 2. The molecule has 0 aliphatic carbocycles. The lowest BCUT2D eigenvalue weighted by atomic mass is 10.3. The van der Waals surface area contributed by atoms with Crippen LogP contribution in [0, 0.1) is 20.2 Å². The molecule has 0 saturated carbocycles. The summed E-state index contributed by atoms with van der Waals surface area (Å²) in [6, 6.07) is 0. The fourth-order valence-electron chi connectivity index (χ4n) is 0.808. The number of nitrogens with zero attached hydrogens (tertiary/aromatic N) is 3. The van der Waals surface area contributed by atoms with Crippen molar-refractivity contribution in [2.24, 2.45) is 0 Å². The Bertz CT molecular complexity index is 324. The topological polar surface area (TPSA) is 89.5 Å². The Labute approximate surface area is 77.3 Å². The molecule has 0 unspecified atom stereocenters. The zero-order valence-electron chi connectivity index (χ0n) is 6.21. The van der Waals surface area contributed by atoms with E-state index in [-0.39, 0.29) is 12.2 Å². The summed E-state index contributed by atoms with van der Waals surface area (Å²) >= 11 is 5.40. The molecule has 13 heavy (non-hydrogen) atoms. The summed E-state index contributed by atoms with van der Waals surface area (Å²) in [4.78, 5) is 19.1. The third-order valence-corrected chi connectivity index (χ3v) is 1.56. The van der Waals surface area contributed by atoms with Gasteiger partial charge in [0.05, 0.1) is 22.1 Å². The van der Waals surface area contributed by atoms with Crippen LogP contribution in [0.25, 0.3) is 0 Å². The molecule has 0 aromatic heterocycles. The highest BCUT2D eigenvalue weighted by Crippen LogP contribution is 2.15. The molecule has 70 valence electrons. The van der Waals surface area contributed by atoms with Crippen LogP contribution in [0.3, 0.4) is 0 Å². The van der Waals surface area contributed by atoms with Crippen molar-refractivity contribution in [1.29, 1.82) is 0 Å². The van der Waals surface area contributed by atoms with Gasteiger partial charge in [-0.25, -0.2) is 0 Å². The third-order valence-electron chi connectivity index (χ3n) is 1.35. The number of rotatable bonds is 2. The van der Waals surface area contributed by atoms with Crippen molar-refractivity contribution in [1.82, 2.24) is 4.42 Å². The second kappa shape index (κ2) is 3.40. The first kappa shape index (κ1) is 9.46. The summed E-state index contributed by atoms with van der Waals surface area (Å²) in [5.74, 6) is 0. The van der Waals surface area contributed by atoms with Gasteiger partial charge in [0.2, 0.25) is 0 Å². The standard InChI is InChI=1S/C5H4ClN3O4/c6-7-2-4(8(10)11)1-5(3-7)9(12)13/h1-2H,3H2. The van der Waals surface area contributed by atoms with Gasteiger partial charge in [-0.1, -0.05) is 0 Å². The number of hydrogen-bond donors (Lipinski definition) is 0. The second-order valence-corrected chi connectivity index (χ2v) is 2.70. The van der Waals surface area contributed by atoms with Gasteiger partial charge in [-0.15, -0.1) is 0 Å². The normalized spacial score (nSPS) is 16.2. The summed E-state index contributed by atoms with van der Waals surface area (Å²) in [5.41, 5.74) is -0.697. The maximum atomic E-state index is 10.3. The number of hydrogen-bond acceptors (Lipinski definition) is 5. The molecule has 0 N–H and O–H groups in total. The first-order valence-electron chi connectivity index (χ1n) is 3.14. The second-order valence-electron chi connectivity index (χ2n) is 2.26. The lowest BCUT2D eigenvalue weighted by Gasteiger charge is -2.11. The summed E-state index contributed by atoms with van der Waals surface area (Å²) in [6.07, 6.45) is 1.91. The van der Waals surface area contributed by atoms with E-state index in [1.165, 1.54) is 0 Å². The van der Waals surface area contributed by atoms with E-state index in [9.17, 15) is 20.2 Å². The van der Waals surface area contributed by atoms with E-state index in [1.807, 2.05) is 0 Å². The molecule has 1 heterocycles. The van der Waals surface area contributed by atoms with Crippen molar-refractivity contribution in [3.63, 3.8) is 0 Å². The summed E-state index contributed by atoms with van der Waals surface area (Å²) in [7, 11) is 0. The molecule has 0 fully saturated rings. The van der Waals surface area contributed by atoms with Crippen molar-refractivity contribution >= 4 is 11.8 Å². The van der Waals surface area contributed by atoms with Crippen molar-refractivity contribution < 1.29 is 9.85 Å². The van der Waals surface area contributed by atoms with E-state index in [1.54, 1.807) is 0 Å². The fraction of sp³-hybridized carbons (Fsp3) is 0.200. The van der Waals surface area contributed by atoms with E-state index < -0.39 is 15.5 Å². The van der Waals surface area contributed by atoms with Crippen molar-refractivity contribution in [2.75, 3.05) is 6.54 Å². The zero-order chi connectivity index (χ0) is 10.0. The maximum Gasteiger partial charge on any atom is 0.293 e. The number of halogens is 1. The number of allylic oxidation sites excluding steroid dienone is 1. The molecular formula is C5H4ClN3O4. The molecule has 0 bridgehead atoms.